The summed E-state index contributed by atoms with van der Waals surface area (Å²) in [5.41, 5.74) is 2.08. The van der Waals surface area contributed by atoms with Gasteiger partial charge in [0.15, 0.2) is 6.29 Å². The van der Waals surface area contributed by atoms with E-state index >= 15 is 0 Å². The van der Waals surface area contributed by atoms with E-state index in [1.54, 1.807) is 13.8 Å². The maximum atomic E-state index is 9.65. The van der Waals surface area contributed by atoms with E-state index in [2.05, 4.69) is 0 Å². The second-order valence-corrected chi connectivity index (χ2v) is 6.74. The second kappa shape index (κ2) is 8.11. The molecule has 0 aliphatic carbocycles. The molecule has 0 radical (unpaired) electrons. The van der Waals surface area contributed by atoms with Gasteiger partial charge in [-0.2, -0.15) is 0 Å². The van der Waals surface area contributed by atoms with Crippen molar-refractivity contribution in [3.63, 3.8) is 0 Å². The van der Waals surface area contributed by atoms with Gasteiger partial charge in [0, 0.05) is 31.8 Å². The summed E-state index contributed by atoms with van der Waals surface area (Å²) in [5, 5.41) is 19.3. The third-order valence-corrected chi connectivity index (χ3v) is 4.05. The highest BCUT2D eigenvalue weighted by Crippen LogP contribution is 2.33. The molecule has 1 heterocycles. The van der Waals surface area contributed by atoms with Gasteiger partial charge in [-0.05, 0) is 38.8 Å². The van der Waals surface area contributed by atoms with Gasteiger partial charge < -0.3 is 24.6 Å². The summed E-state index contributed by atoms with van der Waals surface area (Å²) >= 11 is 0. The largest absolute Gasteiger partial charge is 0.393 e. The highest BCUT2D eigenvalue weighted by molar-refractivity contribution is 5.46. The first-order valence-corrected chi connectivity index (χ1v) is 8.29. The lowest BCUT2D eigenvalue weighted by atomic mass is 10.00. The Hall–Kier alpha value is -1.14. The summed E-state index contributed by atoms with van der Waals surface area (Å²) in [4.78, 5) is 2.04. The summed E-state index contributed by atoms with van der Waals surface area (Å²) in [6.07, 6.45) is 0.439. The van der Waals surface area contributed by atoms with Crippen LogP contribution in [-0.4, -0.2) is 48.7 Å². The summed E-state index contributed by atoms with van der Waals surface area (Å²) in [6, 6.07) is 8.07. The van der Waals surface area contributed by atoms with Crippen LogP contribution in [-0.2, 0) is 9.47 Å². The number of hydrogen-bond acceptors (Lipinski definition) is 5. The fraction of sp³-hybridized carbons (Fsp3) is 0.667. The first kappa shape index (κ1) is 18.2. The summed E-state index contributed by atoms with van der Waals surface area (Å²) in [5.74, 6) is 0. The lowest BCUT2D eigenvalue weighted by molar-refractivity contribution is -0.255. The molecule has 0 amide bonds. The van der Waals surface area contributed by atoms with E-state index in [1.807, 2.05) is 43.3 Å². The van der Waals surface area contributed by atoms with Crippen LogP contribution in [0.3, 0.4) is 0 Å². The van der Waals surface area contributed by atoms with Crippen molar-refractivity contribution in [3.8, 4) is 0 Å². The molecule has 1 saturated heterocycles. The first-order chi connectivity index (χ1) is 10.8. The number of hydrogen-bond donors (Lipinski definition) is 2. The van der Waals surface area contributed by atoms with Gasteiger partial charge in [0.2, 0.25) is 0 Å². The standard InChI is InChI=1S/C18H29NO4/c1-12(20)9-16-11-17(10-13(2)21)23-18(22-16)14-5-7-15(8-6-14)19(3)4/h5-8,12-13,16-18,20-21H,9-11H2,1-4H3/t12-,13?,16?,17?,18?/m0/s1. The average molecular weight is 323 g/mol. The molecule has 23 heavy (non-hydrogen) atoms. The Morgan fingerprint density at radius 3 is 1.87 bits per heavy atom. The minimum absolute atomic E-state index is 0.0639. The highest BCUT2D eigenvalue weighted by atomic mass is 16.7. The first-order valence-electron chi connectivity index (χ1n) is 8.29. The predicted octanol–water partition coefficient (Wildman–Crippen LogP) is 2.47. The smallest absolute Gasteiger partial charge is 0.184 e. The Labute approximate surface area is 138 Å². The van der Waals surface area contributed by atoms with Crippen molar-refractivity contribution in [1.29, 1.82) is 0 Å². The third-order valence-electron chi connectivity index (χ3n) is 4.05. The van der Waals surface area contributed by atoms with Gasteiger partial charge >= 0.3 is 0 Å². The number of benzene rings is 1. The van der Waals surface area contributed by atoms with E-state index < -0.39 is 18.5 Å². The molecule has 1 aromatic carbocycles. The molecule has 2 N–H and O–H groups in total. The van der Waals surface area contributed by atoms with E-state index in [0.29, 0.717) is 19.3 Å². The molecule has 0 saturated carbocycles. The second-order valence-electron chi connectivity index (χ2n) is 6.74. The van der Waals surface area contributed by atoms with Crippen molar-refractivity contribution in [1.82, 2.24) is 0 Å². The van der Waals surface area contributed by atoms with Crippen LogP contribution in [0.2, 0.25) is 0 Å². The van der Waals surface area contributed by atoms with Crippen LogP contribution in [0.15, 0.2) is 24.3 Å². The van der Waals surface area contributed by atoms with Crippen LogP contribution in [0.25, 0.3) is 0 Å². The SMILES string of the molecule is CC(O)CC1CC(C[C@H](C)O)OC(c2ccc(N(C)C)cc2)O1. The minimum Gasteiger partial charge on any atom is -0.393 e. The molecule has 4 unspecified atom stereocenters. The third kappa shape index (κ3) is 5.46. The highest BCUT2D eigenvalue weighted by Gasteiger charge is 2.32. The van der Waals surface area contributed by atoms with Crippen molar-refractivity contribution in [2.75, 3.05) is 19.0 Å². The van der Waals surface area contributed by atoms with Crippen LogP contribution in [0.5, 0.6) is 0 Å². The lowest BCUT2D eigenvalue weighted by Gasteiger charge is -2.37. The maximum Gasteiger partial charge on any atom is 0.184 e. The van der Waals surface area contributed by atoms with E-state index in [4.69, 9.17) is 9.47 Å². The van der Waals surface area contributed by atoms with E-state index in [-0.39, 0.29) is 12.2 Å². The van der Waals surface area contributed by atoms with Crippen molar-refractivity contribution in [3.05, 3.63) is 29.8 Å². The zero-order valence-corrected chi connectivity index (χ0v) is 14.5. The van der Waals surface area contributed by atoms with Crippen LogP contribution < -0.4 is 4.90 Å². The molecule has 1 aliphatic rings. The Balaban J connectivity index is 2.11. The molecule has 5 atom stereocenters. The van der Waals surface area contributed by atoms with E-state index in [0.717, 1.165) is 11.3 Å². The number of aliphatic hydroxyl groups is 2. The average Bonchev–Trinajstić information content (AvgIpc) is 2.45. The fourth-order valence-electron chi connectivity index (χ4n) is 2.94. The van der Waals surface area contributed by atoms with Crippen LogP contribution in [0.4, 0.5) is 5.69 Å². The molecule has 0 spiro atoms. The molecule has 1 aromatic rings. The Morgan fingerprint density at radius 2 is 1.48 bits per heavy atom. The van der Waals surface area contributed by atoms with Gasteiger partial charge in [0.25, 0.3) is 0 Å². The van der Waals surface area contributed by atoms with Crippen molar-refractivity contribution in [2.45, 2.75) is 63.8 Å². The number of rotatable bonds is 6. The van der Waals surface area contributed by atoms with Gasteiger partial charge in [-0.1, -0.05) is 12.1 Å². The Kier molecular flexibility index (Phi) is 6.41. The van der Waals surface area contributed by atoms with Gasteiger partial charge in [-0.25, -0.2) is 0 Å². The van der Waals surface area contributed by atoms with Crippen LogP contribution >= 0.6 is 0 Å². The zero-order valence-electron chi connectivity index (χ0n) is 14.5. The van der Waals surface area contributed by atoms with E-state index in [1.165, 1.54) is 0 Å². The molecular weight excluding hydrogens is 294 g/mol. The van der Waals surface area contributed by atoms with Gasteiger partial charge in [-0.3, -0.25) is 0 Å². The topological polar surface area (TPSA) is 62.2 Å². The van der Waals surface area contributed by atoms with Crippen molar-refractivity contribution >= 4 is 5.69 Å². The zero-order chi connectivity index (χ0) is 17.0. The minimum atomic E-state index is -0.451. The van der Waals surface area contributed by atoms with Crippen molar-refractivity contribution < 1.29 is 19.7 Å². The molecule has 1 fully saturated rings. The fourth-order valence-corrected chi connectivity index (χ4v) is 2.94. The molecular formula is C18H29NO4. The van der Waals surface area contributed by atoms with Gasteiger partial charge in [-0.15, -0.1) is 0 Å². The van der Waals surface area contributed by atoms with Gasteiger partial charge in [0.05, 0.1) is 24.4 Å². The number of ether oxygens (including phenoxy) is 2. The molecule has 0 bridgehead atoms. The summed E-state index contributed by atoms with van der Waals surface area (Å²) in [6.45, 7) is 3.53. The normalized spacial score (nSPS) is 27.5. The molecule has 2 rings (SSSR count). The number of nitrogens with zero attached hydrogens (tertiary/aromatic N) is 1. The molecule has 0 aromatic heterocycles. The number of anilines is 1. The van der Waals surface area contributed by atoms with Crippen LogP contribution in [0.1, 0.15) is 45.0 Å². The van der Waals surface area contributed by atoms with E-state index in [9.17, 15) is 10.2 Å². The summed E-state index contributed by atoms with van der Waals surface area (Å²) < 4.78 is 12.0. The maximum absolute atomic E-state index is 9.65. The molecule has 130 valence electrons. The van der Waals surface area contributed by atoms with Crippen LogP contribution in [0, 0.1) is 0 Å². The quantitative estimate of drug-likeness (QED) is 0.842. The predicted molar refractivity (Wildman–Crippen MR) is 90.5 cm³/mol. The lowest BCUT2D eigenvalue weighted by Crippen LogP contribution is -2.36. The molecule has 5 nitrogen and oxygen atoms in total. The number of aliphatic hydroxyl groups excluding tert-OH is 2. The molecule has 5 heteroatoms. The van der Waals surface area contributed by atoms with Gasteiger partial charge in [0.1, 0.15) is 0 Å². The molecule has 1 aliphatic heterocycles. The van der Waals surface area contributed by atoms with Crippen molar-refractivity contribution in [2.24, 2.45) is 0 Å². The Morgan fingerprint density at radius 1 is 1.00 bits per heavy atom. The Bertz CT molecular complexity index is 454. The monoisotopic (exact) mass is 323 g/mol. The summed E-state index contributed by atoms with van der Waals surface area (Å²) in [7, 11) is 4.00.